The highest BCUT2D eigenvalue weighted by Gasteiger charge is 2.29. The number of alkyl halides is 4. The van der Waals surface area contributed by atoms with Crippen LogP contribution in [-0.4, -0.2) is 53.9 Å². The van der Waals surface area contributed by atoms with Gasteiger partial charge in [0.15, 0.2) is 0 Å². The van der Waals surface area contributed by atoms with Gasteiger partial charge >= 0.3 is 5.51 Å². The standard InChI is InChI=1S/C9H15ClF3NOS/c1-7-5-14(6-8(4-10)15-7)2-3-16-9(11,12)13/h7-8H,2-6H2,1H3. The highest BCUT2D eigenvalue weighted by Crippen LogP contribution is 2.30. The van der Waals surface area contributed by atoms with Gasteiger partial charge in [0.2, 0.25) is 0 Å². The number of nitrogens with zero attached hydrogens (tertiary/aromatic N) is 1. The topological polar surface area (TPSA) is 12.5 Å². The second-order valence-corrected chi connectivity index (χ2v) is 5.25. The van der Waals surface area contributed by atoms with Crippen molar-refractivity contribution in [3.8, 4) is 0 Å². The second-order valence-electron chi connectivity index (χ2n) is 3.78. The van der Waals surface area contributed by atoms with Gasteiger partial charge in [-0.15, -0.1) is 11.6 Å². The summed E-state index contributed by atoms with van der Waals surface area (Å²) in [7, 11) is 0. The Balaban J connectivity index is 2.26. The van der Waals surface area contributed by atoms with E-state index in [2.05, 4.69) is 0 Å². The Kier molecular flexibility index (Phi) is 5.70. The SMILES string of the molecule is CC1CN(CCSC(F)(F)F)CC(CCl)O1. The molecule has 1 aliphatic heterocycles. The molecule has 1 heterocycles. The first-order chi connectivity index (χ1) is 7.40. The number of morpholine rings is 1. The zero-order valence-corrected chi connectivity index (χ0v) is 10.5. The van der Waals surface area contributed by atoms with Crippen LogP contribution in [0.15, 0.2) is 0 Å². The molecular weight excluding hydrogens is 263 g/mol. The van der Waals surface area contributed by atoms with Crippen LogP contribution >= 0.6 is 23.4 Å². The minimum absolute atomic E-state index is 0.0218. The van der Waals surface area contributed by atoms with Gasteiger partial charge < -0.3 is 4.74 Å². The maximum Gasteiger partial charge on any atom is 0.441 e. The fourth-order valence-electron chi connectivity index (χ4n) is 1.70. The molecule has 0 amide bonds. The highest BCUT2D eigenvalue weighted by atomic mass is 35.5. The largest absolute Gasteiger partial charge is 0.441 e. The zero-order chi connectivity index (χ0) is 12.2. The molecular formula is C9H15ClF3NOS. The number of rotatable bonds is 4. The molecule has 0 N–H and O–H groups in total. The molecule has 16 heavy (non-hydrogen) atoms. The first kappa shape index (κ1) is 14.4. The predicted molar refractivity (Wildman–Crippen MR) is 60.0 cm³/mol. The van der Waals surface area contributed by atoms with E-state index in [1.807, 2.05) is 11.8 Å². The minimum atomic E-state index is -4.14. The highest BCUT2D eigenvalue weighted by molar-refractivity contribution is 8.00. The van der Waals surface area contributed by atoms with Crippen LogP contribution in [0.25, 0.3) is 0 Å². The summed E-state index contributed by atoms with van der Waals surface area (Å²) in [5.74, 6) is 0.443. The van der Waals surface area contributed by atoms with Crippen molar-refractivity contribution in [2.75, 3.05) is 31.3 Å². The normalized spacial score (nSPS) is 28.3. The number of ether oxygens (including phenoxy) is 1. The molecule has 2 atom stereocenters. The fraction of sp³-hybridized carbons (Fsp3) is 1.00. The Labute approximate surface area is 102 Å². The van der Waals surface area contributed by atoms with Crippen molar-refractivity contribution >= 4 is 23.4 Å². The van der Waals surface area contributed by atoms with E-state index in [1.165, 1.54) is 0 Å². The zero-order valence-electron chi connectivity index (χ0n) is 8.97. The summed E-state index contributed by atoms with van der Waals surface area (Å²) in [6.45, 7) is 3.62. The lowest BCUT2D eigenvalue weighted by Crippen LogP contribution is -2.48. The number of hydrogen-bond acceptors (Lipinski definition) is 3. The lowest BCUT2D eigenvalue weighted by atomic mass is 10.2. The Morgan fingerprint density at radius 2 is 2.12 bits per heavy atom. The van der Waals surface area contributed by atoms with Crippen molar-refractivity contribution in [2.45, 2.75) is 24.6 Å². The average molecular weight is 278 g/mol. The predicted octanol–water partition coefficient (Wildman–Crippen LogP) is 2.57. The van der Waals surface area contributed by atoms with Crippen molar-refractivity contribution in [3.05, 3.63) is 0 Å². The maximum atomic E-state index is 11.9. The van der Waals surface area contributed by atoms with Gasteiger partial charge in [-0.3, -0.25) is 4.90 Å². The monoisotopic (exact) mass is 277 g/mol. The van der Waals surface area contributed by atoms with Crippen LogP contribution in [0.4, 0.5) is 13.2 Å². The van der Waals surface area contributed by atoms with E-state index in [4.69, 9.17) is 16.3 Å². The maximum absolute atomic E-state index is 11.9. The number of halogens is 4. The Morgan fingerprint density at radius 3 is 2.69 bits per heavy atom. The van der Waals surface area contributed by atoms with Gasteiger partial charge in [-0.2, -0.15) is 13.2 Å². The molecule has 0 bridgehead atoms. The minimum Gasteiger partial charge on any atom is -0.371 e. The first-order valence-electron chi connectivity index (χ1n) is 5.05. The van der Waals surface area contributed by atoms with Crippen LogP contribution in [0.1, 0.15) is 6.92 Å². The Hall–Kier alpha value is 0.350. The first-order valence-corrected chi connectivity index (χ1v) is 6.57. The van der Waals surface area contributed by atoms with Gasteiger partial charge in [0, 0.05) is 31.3 Å². The van der Waals surface area contributed by atoms with Crippen LogP contribution < -0.4 is 0 Å². The van der Waals surface area contributed by atoms with Crippen LogP contribution in [0.2, 0.25) is 0 Å². The molecule has 2 nitrogen and oxygen atoms in total. The molecule has 0 aromatic carbocycles. The lowest BCUT2D eigenvalue weighted by Gasteiger charge is -2.35. The summed E-state index contributed by atoms with van der Waals surface area (Å²) < 4.78 is 41.3. The molecule has 7 heteroatoms. The van der Waals surface area contributed by atoms with Gasteiger partial charge in [-0.05, 0) is 18.7 Å². The summed E-state index contributed by atoms with van der Waals surface area (Å²) in [6.07, 6.45) is -0.0327. The van der Waals surface area contributed by atoms with Gasteiger partial charge in [0.05, 0.1) is 12.2 Å². The van der Waals surface area contributed by atoms with Crippen molar-refractivity contribution in [3.63, 3.8) is 0 Å². The smallest absolute Gasteiger partial charge is 0.371 e. The van der Waals surface area contributed by atoms with Gasteiger partial charge in [0.25, 0.3) is 0 Å². The van der Waals surface area contributed by atoms with E-state index < -0.39 is 5.51 Å². The Morgan fingerprint density at radius 1 is 1.44 bits per heavy atom. The third-order valence-electron chi connectivity index (χ3n) is 2.25. The molecule has 0 aliphatic carbocycles. The molecule has 0 spiro atoms. The fourth-order valence-corrected chi connectivity index (χ4v) is 2.45. The molecule has 1 saturated heterocycles. The third kappa shape index (κ3) is 5.61. The van der Waals surface area contributed by atoms with Crippen molar-refractivity contribution < 1.29 is 17.9 Å². The van der Waals surface area contributed by atoms with Crippen LogP contribution in [-0.2, 0) is 4.74 Å². The summed E-state index contributed by atoms with van der Waals surface area (Å²) in [5, 5.41) is 0. The average Bonchev–Trinajstić information content (AvgIpc) is 2.14. The van der Waals surface area contributed by atoms with E-state index in [9.17, 15) is 13.2 Å². The van der Waals surface area contributed by atoms with Crippen molar-refractivity contribution in [1.82, 2.24) is 4.90 Å². The van der Waals surface area contributed by atoms with Gasteiger partial charge in [0.1, 0.15) is 0 Å². The molecule has 0 radical (unpaired) electrons. The van der Waals surface area contributed by atoms with Crippen LogP contribution in [0.5, 0.6) is 0 Å². The van der Waals surface area contributed by atoms with E-state index >= 15 is 0 Å². The van der Waals surface area contributed by atoms with E-state index in [1.54, 1.807) is 0 Å². The van der Waals surface area contributed by atoms with Crippen molar-refractivity contribution in [1.29, 1.82) is 0 Å². The summed E-state index contributed by atoms with van der Waals surface area (Å²) in [5.41, 5.74) is -4.14. The molecule has 0 aromatic heterocycles. The second kappa shape index (κ2) is 6.33. The molecule has 1 rings (SSSR count). The summed E-state index contributed by atoms with van der Waals surface area (Å²) in [4.78, 5) is 1.97. The third-order valence-corrected chi connectivity index (χ3v) is 3.31. The van der Waals surface area contributed by atoms with Gasteiger partial charge in [-0.1, -0.05) is 0 Å². The molecule has 96 valence electrons. The molecule has 2 unspecified atom stereocenters. The van der Waals surface area contributed by atoms with Gasteiger partial charge in [-0.25, -0.2) is 0 Å². The van der Waals surface area contributed by atoms with Crippen molar-refractivity contribution in [2.24, 2.45) is 0 Å². The lowest BCUT2D eigenvalue weighted by molar-refractivity contribution is -0.0647. The number of hydrogen-bond donors (Lipinski definition) is 0. The van der Waals surface area contributed by atoms with E-state index in [0.717, 1.165) is 0 Å². The molecule has 0 aromatic rings. The summed E-state index contributed by atoms with van der Waals surface area (Å²) >= 11 is 5.70. The Bertz CT molecular complexity index is 217. The van der Waals surface area contributed by atoms with E-state index in [0.29, 0.717) is 25.5 Å². The molecule has 1 aliphatic rings. The quantitative estimate of drug-likeness (QED) is 0.733. The van der Waals surface area contributed by atoms with E-state index in [-0.39, 0.29) is 29.7 Å². The number of thioether (sulfide) groups is 1. The molecule has 1 fully saturated rings. The molecule has 0 saturated carbocycles. The summed E-state index contributed by atoms with van der Waals surface area (Å²) in [6, 6.07) is 0. The van der Waals surface area contributed by atoms with Crippen LogP contribution in [0, 0.1) is 0 Å². The van der Waals surface area contributed by atoms with Crippen LogP contribution in [0.3, 0.4) is 0 Å².